The number of amides is 1. The Morgan fingerprint density at radius 1 is 1.11 bits per heavy atom. The lowest BCUT2D eigenvalue weighted by Crippen LogP contribution is -2.30. The highest BCUT2D eigenvalue weighted by Crippen LogP contribution is 2.29. The Kier molecular flexibility index (Phi) is 6.32. The van der Waals surface area contributed by atoms with Crippen molar-refractivity contribution < 1.29 is 28.7 Å². The Labute approximate surface area is 155 Å². The predicted molar refractivity (Wildman–Crippen MR) is 96.1 cm³/mol. The van der Waals surface area contributed by atoms with Gasteiger partial charge in [-0.3, -0.25) is 14.9 Å². The van der Waals surface area contributed by atoms with E-state index in [1.807, 2.05) is 0 Å². The lowest BCUT2D eigenvalue weighted by Gasteiger charge is -2.15. The molecule has 142 valence electrons. The molecule has 0 spiro atoms. The highest BCUT2D eigenvalue weighted by molar-refractivity contribution is 5.98. The number of hydrogen-bond acceptors (Lipinski definition) is 7. The molecule has 0 radical (unpaired) electrons. The third kappa shape index (κ3) is 4.94. The summed E-state index contributed by atoms with van der Waals surface area (Å²) in [6.45, 7) is 1.41. The number of non-ortho nitro benzene ring substituents is 1. The van der Waals surface area contributed by atoms with Crippen molar-refractivity contribution >= 4 is 23.3 Å². The maximum Gasteiger partial charge on any atom is 0.339 e. The van der Waals surface area contributed by atoms with Crippen LogP contribution in [0.4, 0.5) is 11.4 Å². The summed E-state index contributed by atoms with van der Waals surface area (Å²) in [7, 11) is 2.79. The van der Waals surface area contributed by atoms with Gasteiger partial charge in [0.25, 0.3) is 11.6 Å². The van der Waals surface area contributed by atoms with Crippen LogP contribution in [0.25, 0.3) is 0 Å². The summed E-state index contributed by atoms with van der Waals surface area (Å²) < 4.78 is 15.2. The second-order valence-electron chi connectivity index (χ2n) is 5.41. The van der Waals surface area contributed by atoms with Gasteiger partial charge >= 0.3 is 5.97 Å². The standard InChI is InChI=1S/C18H18N2O7/c1-11(27-18(22)12-5-4-6-14(9-12)25-2)17(21)19-15-8-7-13(20(23)24)10-16(15)26-3/h4-11H,1-3H3,(H,19,21)/t11-/m0/s1. The molecule has 1 atom stereocenters. The number of hydrogen-bond donors (Lipinski definition) is 1. The van der Waals surface area contributed by atoms with Gasteiger partial charge in [-0.1, -0.05) is 6.07 Å². The van der Waals surface area contributed by atoms with Gasteiger partial charge in [-0.05, 0) is 31.2 Å². The molecule has 0 aromatic heterocycles. The fraction of sp³-hybridized carbons (Fsp3) is 0.222. The first-order valence-electron chi connectivity index (χ1n) is 7.84. The van der Waals surface area contributed by atoms with Gasteiger partial charge in [0.1, 0.15) is 11.5 Å². The highest BCUT2D eigenvalue weighted by Gasteiger charge is 2.21. The molecule has 9 heteroatoms. The summed E-state index contributed by atoms with van der Waals surface area (Å²) in [6.07, 6.45) is -1.11. The van der Waals surface area contributed by atoms with Crippen LogP contribution in [0.3, 0.4) is 0 Å². The van der Waals surface area contributed by atoms with E-state index in [2.05, 4.69) is 5.32 Å². The number of nitrogens with one attached hydrogen (secondary N) is 1. The average molecular weight is 374 g/mol. The number of nitro benzene ring substituents is 1. The zero-order valence-corrected chi connectivity index (χ0v) is 14.9. The normalized spacial score (nSPS) is 11.2. The van der Waals surface area contributed by atoms with Crippen LogP contribution in [0.15, 0.2) is 42.5 Å². The first kappa shape index (κ1) is 19.7. The summed E-state index contributed by atoms with van der Waals surface area (Å²) in [5, 5.41) is 13.3. The van der Waals surface area contributed by atoms with Crippen LogP contribution in [0, 0.1) is 10.1 Å². The lowest BCUT2D eigenvalue weighted by molar-refractivity contribution is -0.384. The van der Waals surface area contributed by atoms with Crippen molar-refractivity contribution in [2.24, 2.45) is 0 Å². The van der Waals surface area contributed by atoms with Crippen molar-refractivity contribution in [1.29, 1.82) is 0 Å². The van der Waals surface area contributed by atoms with Gasteiger partial charge in [0.05, 0.1) is 36.5 Å². The fourth-order valence-corrected chi connectivity index (χ4v) is 2.16. The quantitative estimate of drug-likeness (QED) is 0.450. The van der Waals surface area contributed by atoms with Crippen molar-refractivity contribution in [1.82, 2.24) is 0 Å². The SMILES string of the molecule is COc1cccc(C(=O)O[C@@H](C)C(=O)Nc2ccc([N+](=O)[O-])cc2OC)c1. The van der Waals surface area contributed by atoms with Gasteiger partial charge in [0.15, 0.2) is 6.10 Å². The Bertz CT molecular complexity index is 867. The zero-order valence-electron chi connectivity index (χ0n) is 14.9. The molecule has 1 amide bonds. The van der Waals surface area contributed by atoms with Crippen molar-refractivity contribution in [3.63, 3.8) is 0 Å². The van der Waals surface area contributed by atoms with Crippen molar-refractivity contribution in [3.05, 3.63) is 58.1 Å². The summed E-state index contributed by atoms with van der Waals surface area (Å²) in [6, 6.07) is 10.1. The minimum absolute atomic E-state index is 0.115. The maximum absolute atomic E-state index is 12.3. The molecule has 0 fully saturated rings. The van der Waals surface area contributed by atoms with E-state index in [1.54, 1.807) is 12.1 Å². The van der Waals surface area contributed by atoms with Crippen LogP contribution in [0.1, 0.15) is 17.3 Å². The van der Waals surface area contributed by atoms with E-state index in [9.17, 15) is 19.7 Å². The largest absolute Gasteiger partial charge is 0.497 e. The molecule has 0 aliphatic heterocycles. The van der Waals surface area contributed by atoms with Crippen molar-refractivity contribution in [2.75, 3.05) is 19.5 Å². The number of ether oxygens (including phenoxy) is 3. The Morgan fingerprint density at radius 3 is 2.48 bits per heavy atom. The van der Waals surface area contributed by atoms with Crippen molar-refractivity contribution in [2.45, 2.75) is 13.0 Å². The van der Waals surface area contributed by atoms with Gasteiger partial charge in [0.2, 0.25) is 0 Å². The molecule has 2 aromatic carbocycles. The number of benzene rings is 2. The fourth-order valence-electron chi connectivity index (χ4n) is 2.16. The van der Waals surface area contributed by atoms with Gasteiger partial charge in [-0.25, -0.2) is 4.79 Å². The number of methoxy groups -OCH3 is 2. The molecule has 0 saturated heterocycles. The monoisotopic (exact) mass is 374 g/mol. The van der Waals surface area contributed by atoms with E-state index >= 15 is 0 Å². The summed E-state index contributed by atoms with van der Waals surface area (Å²) in [4.78, 5) is 34.7. The maximum atomic E-state index is 12.3. The molecule has 0 bridgehead atoms. The molecule has 2 rings (SSSR count). The molecule has 0 heterocycles. The zero-order chi connectivity index (χ0) is 20.0. The number of esters is 1. The molecule has 27 heavy (non-hydrogen) atoms. The van der Waals surface area contributed by atoms with E-state index in [0.29, 0.717) is 5.75 Å². The van der Waals surface area contributed by atoms with Gasteiger partial charge < -0.3 is 19.5 Å². The number of nitrogens with zero attached hydrogens (tertiary/aromatic N) is 1. The van der Waals surface area contributed by atoms with Crippen molar-refractivity contribution in [3.8, 4) is 11.5 Å². The highest BCUT2D eigenvalue weighted by atomic mass is 16.6. The molecular formula is C18H18N2O7. The lowest BCUT2D eigenvalue weighted by atomic mass is 10.2. The van der Waals surface area contributed by atoms with Gasteiger partial charge in [-0.2, -0.15) is 0 Å². The van der Waals surface area contributed by atoms with E-state index < -0.39 is 22.9 Å². The average Bonchev–Trinajstić information content (AvgIpc) is 2.67. The van der Waals surface area contributed by atoms with E-state index in [0.717, 1.165) is 0 Å². The number of anilines is 1. The summed E-state index contributed by atoms with van der Waals surface area (Å²) in [5.74, 6) is -0.702. The van der Waals surface area contributed by atoms with Crippen LogP contribution in [0.2, 0.25) is 0 Å². The smallest absolute Gasteiger partial charge is 0.339 e. The van der Waals surface area contributed by atoms with Crippen LogP contribution in [-0.4, -0.2) is 37.1 Å². The van der Waals surface area contributed by atoms with E-state index in [-0.39, 0.29) is 22.7 Å². The van der Waals surface area contributed by atoms with E-state index in [4.69, 9.17) is 14.2 Å². The van der Waals surface area contributed by atoms with E-state index in [1.165, 1.54) is 51.5 Å². The summed E-state index contributed by atoms with van der Waals surface area (Å²) >= 11 is 0. The third-order valence-corrected chi connectivity index (χ3v) is 3.61. The minimum atomic E-state index is -1.11. The molecule has 9 nitrogen and oxygen atoms in total. The molecular weight excluding hydrogens is 356 g/mol. The topological polar surface area (TPSA) is 117 Å². The number of carbonyl (C=O) groups is 2. The number of rotatable bonds is 7. The van der Waals surface area contributed by atoms with Crippen LogP contribution in [-0.2, 0) is 9.53 Å². The molecule has 1 N–H and O–H groups in total. The Morgan fingerprint density at radius 2 is 1.85 bits per heavy atom. The van der Waals surface area contributed by atoms with Crippen LogP contribution in [0.5, 0.6) is 11.5 Å². The molecule has 0 aliphatic rings. The second-order valence-corrected chi connectivity index (χ2v) is 5.41. The minimum Gasteiger partial charge on any atom is -0.497 e. The molecule has 0 unspecified atom stereocenters. The molecule has 0 aliphatic carbocycles. The number of nitro groups is 1. The van der Waals surface area contributed by atoms with Gasteiger partial charge in [0, 0.05) is 6.07 Å². The second kappa shape index (κ2) is 8.65. The Balaban J connectivity index is 2.07. The summed E-state index contributed by atoms with van der Waals surface area (Å²) in [5.41, 5.74) is 0.279. The molecule has 2 aromatic rings. The first-order valence-corrected chi connectivity index (χ1v) is 7.84. The Hall–Kier alpha value is -3.62. The third-order valence-electron chi connectivity index (χ3n) is 3.61. The van der Waals surface area contributed by atoms with Crippen LogP contribution >= 0.6 is 0 Å². The van der Waals surface area contributed by atoms with Gasteiger partial charge in [-0.15, -0.1) is 0 Å². The molecule has 0 saturated carbocycles. The first-order chi connectivity index (χ1) is 12.8. The number of carbonyl (C=O) groups excluding carboxylic acids is 2. The predicted octanol–water partition coefficient (Wildman–Crippen LogP) is 2.80. The van der Waals surface area contributed by atoms with Crippen LogP contribution < -0.4 is 14.8 Å².